The molecule has 0 aromatic rings. The number of nitrogens with zero attached hydrogens (tertiary/aromatic N) is 1. The van der Waals surface area contributed by atoms with Crippen LogP contribution in [0.15, 0.2) is 0 Å². The van der Waals surface area contributed by atoms with Crippen LogP contribution in [0.1, 0.15) is 66.2 Å². The van der Waals surface area contributed by atoms with Gasteiger partial charge in [0.1, 0.15) is 11.4 Å². The number of unbranched alkanes of at least 4 members (excludes halogenated alkanes) is 3. The van der Waals surface area contributed by atoms with Crippen molar-refractivity contribution in [2.24, 2.45) is 5.92 Å². The molecule has 0 aliphatic carbocycles. The number of Topliss-reactive ketones (excluding diaryl/α,β-unsaturated/α-hetero) is 1. The highest BCUT2D eigenvalue weighted by Crippen LogP contribution is 2.21. The zero-order valence-electron chi connectivity index (χ0n) is 13.4. The molecular weight excluding hydrogens is 254 g/mol. The van der Waals surface area contributed by atoms with Gasteiger partial charge in [-0.3, -0.25) is 4.79 Å². The zero-order valence-corrected chi connectivity index (χ0v) is 13.4. The first kappa shape index (κ1) is 17.0. The van der Waals surface area contributed by atoms with Gasteiger partial charge in [-0.1, -0.05) is 32.6 Å². The van der Waals surface area contributed by atoms with Gasteiger partial charge >= 0.3 is 6.09 Å². The van der Waals surface area contributed by atoms with Crippen LogP contribution in [-0.4, -0.2) is 35.5 Å². The summed E-state index contributed by atoms with van der Waals surface area (Å²) in [6.45, 7) is 8.79. The van der Waals surface area contributed by atoms with Crippen molar-refractivity contribution in [2.45, 2.75) is 71.8 Å². The van der Waals surface area contributed by atoms with Gasteiger partial charge in [0.15, 0.2) is 0 Å². The van der Waals surface area contributed by atoms with Gasteiger partial charge in [0.25, 0.3) is 0 Å². The quantitative estimate of drug-likeness (QED) is 0.721. The van der Waals surface area contributed by atoms with Crippen LogP contribution >= 0.6 is 0 Å². The summed E-state index contributed by atoms with van der Waals surface area (Å²) in [4.78, 5) is 25.7. The third-order valence-electron chi connectivity index (χ3n) is 3.58. The molecule has 4 nitrogen and oxygen atoms in total. The van der Waals surface area contributed by atoms with E-state index in [2.05, 4.69) is 6.92 Å². The van der Waals surface area contributed by atoms with E-state index in [9.17, 15) is 9.59 Å². The Bertz CT molecular complexity index is 333. The van der Waals surface area contributed by atoms with Crippen molar-refractivity contribution >= 4 is 11.9 Å². The van der Waals surface area contributed by atoms with Crippen LogP contribution in [0.25, 0.3) is 0 Å². The molecule has 1 atom stereocenters. The SMILES string of the molecule is CCCCCCC1CN(C(=O)OC(C)(C)C)CCC1=O. The van der Waals surface area contributed by atoms with Crippen LogP contribution in [0.3, 0.4) is 0 Å². The zero-order chi connectivity index (χ0) is 15.2. The second-order valence-electron chi connectivity index (χ2n) is 6.69. The van der Waals surface area contributed by atoms with E-state index in [1.54, 1.807) is 4.90 Å². The Kier molecular flexibility index (Phi) is 6.50. The van der Waals surface area contributed by atoms with Gasteiger partial charge in [-0.15, -0.1) is 0 Å². The monoisotopic (exact) mass is 283 g/mol. The first-order valence-electron chi connectivity index (χ1n) is 7.84. The maximum atomic E-state index is 12.0. The summed E-state index contributed by atoms with van der Waals surface area (Å²) in [6.07, 6.45) is 5.75. The second kappa shape index (κ2) is 7.65. The molecule has 0 radical (unpaired) electrons. The highest BCUT2D eigenvalue weighted by atomic mass is 16.6. The minimum absolute atomic E-state index is 0.00752. The lowest BCUT2D eigenvalue weighted by Crippen LogP contribution is -2.46. The summed E-state index contributed by atoms with van der Waals surface area (Å²) in [5, 5.41) is 0. The fraction of sp³-hybridized carbons (Fsp3) is 0.875. The third-order valence-corrected chi connectivity index (χ3v) is 3.58. The maximum Gasteiger partial charge on any atom is 0.410 e. The second-order valence-corrected chi connectivity index (χ2v) is 6.69. The summed E-state index contributed by atoms with van der Waals surface area (Å²) < 4.78 is 5.38. The Morgan fingerprint density at radius 2 is 2.00 bits per heavy atom. The lowest BCUT2D eigenvalue weighted by molar-refractivity contribution is -0.126. The lowest BCUT2D eigenvalue weighted by atomic mass is 9.91. The normalized spacial score (nSPS) is 20.1. The number of ether oxygens (including phenoxy) is 1. The predicted molar refractivity (Wildman–Crippen MR) is 79.7 cm³/mol. The molecule has 1 saturated heterocycles. The van der Waals surface area contributed by atoms with Gasteiger partial charge in [0.05, 0.1) is 0 Å². The molecule has 1 aliphatic heterocycles. The fourth-order valence-corrected chi connectivity index (χ4v) is 2.47. The Hall–Kier alpha value is -1.06. The van der Waals surface area contributed by atoms with Gasteiger partial charge in [0.2, 0.25) is 0 Å². The molecular formula is C16H29NO3. The molecule has 1 aliphatic rings. The highest BCUT2D eigenvalue weighted by Gasteiger charge is 2.31. The lowest BCUT2D eigenvalue weighted by Gasteiger charge is -2.33. The van der Waals surface area contributed by atoms with Gasteiger partial charge in [-0.2, -0.15) is 0 Å². The Balaban J connectivity index is 2.44. The molecule has 116 valence electrons. The van der Waals surface area contributed by atoms with Crippen molar-refractivity contribution in [3.63, 3.8) is 0 Å². The van der Waals surface area contributed by atoms with Gasteiger partial charge in [-0.25, -0.2) is 4.79 Å². The summed E-state index contributed by atoms with van der Waals surface area (Å²) in [5.74, 6) is 0.314. The molecule has 1 amide bonds. The minimum atomic E-state index is -0.477. The average molecular weight is 283 g/mol. The summed E-state index contributed by atoms with van der Waals surface area (Å²) in [5.41, 5.74) is -0.477. The summed E-state index contributed by atoms with van der Waals surface area (Å²) in [7, 11) is 0. The molecule has 0 aromatic carbocycles. The minimum Gasteiger partial charge on any atom is -0.444 e. The molecule has 1 fully saturated rings. The van der Waals surface area contributed by atoms with Crippen molar-refractivity contribution in [3.8, 4) is 0 Å². The van der Waals surface area contributed by atoms with Crippen LogP contribution in [0.2, 0.25) is 0 Å². The van der Waals surface area contributed by atoms with E-state index in [0.717, 1.165) is 12.8 Å². The number of carbonyl (C=O) groups excluding carboxylic acids is 2. The van der Waals surface area contributed by atoms with Crippen molar-refractivity contribution in [1.82, 2.24) is 4.90 Å². The number of amides is 1. The number of likely N-dealkylation sites (tertiary alicyclic amines) is 1. The molecule has 1 rings (SSSR count). The number of ketones is 1. The van der Waals surface area contributed by atoms with E-state index in [4.69, 9.17) is 4.74 Å². The molecule has 0 aromatic heterocycles. The number of piperidine rings is 1. The van der Waals surface area contributed by atoms with Crippen LogP contribution in [-0.2, 0) is 9.53 Å². The van der Waals surface area contributed by atoms with E-state index in [-0.39, 0.29) is 12.0 Å². The van der Waals surface area contributed by atoms with E-state index in [1.807, 2.05) is 20.8 Å². The fourth-order valence-electron chi connectivity index (χ4n) is 2.47. The van der Waals surface area contributed by atoms with E-state index >= 15 is 0 Å². The summed E-state index contributed by atoms with van der Waals surface area (Å²) in [6, 6.07) is 0. The number of hydrogen-bond acceptors (Lipinski definition) is 3. The topological polar surface area (TPSA) is 46.6 Å². The molecule has 1 heterocycles. The third kappa shape index (κ3) is 5.93. The smallest absolute Gasteiger partial charge is 0.410 e. The first-order valence-corrected chi connectivity index (χ1v) is 7.84. The van der Waals surface area contributed by atoms with Gasteiger partial charge < -0.3 is 9.64 Å². The van der Waals surface area contributed by atoms with E-state index in [0.29, 0.717) is 25.3 Å². The molecule has 4 heteroatoms. The van der Waals surface area contributed by atoms with Crippen LogP contribution in [0, 0.1) is 5.92 Å². The average Bonchev–Trinajstić information content (AvgIpc) is 2.34. The van der Waals surface area contributed by atoms with Crippen LogP contribution in [0.5, 0.6) is 0 Å². The first-order chi connectivity index (χ1) is 9.33. The Labute approximate surface area is 122 Å². The van der Waals surface area contributed by atoms with Crippen LogP contribution < -0.4 is 0 Å². The van der Waals surface area contributed by atoms with E-state index in [1.165, 1.54) is 19.3 Å². The van der Waals surface area contributed by atoms with E-state index < -0.39 is 5.60 Å². The molecule has 0 spiro atoms. The van der Waals surface area contributed by atoms with Crippen molar-refractivity contribution < 1.29 is 14.3 Å². The number of hydrogen-bond donors (Lipinski definition) is 0. The molecule has 0 bridgehead atoms. The molecule has 20 heavy (non-hydrogen) atoms. The molecule has 1 unspecified atom stereocenters. The van der Waals surface area contributed by atoms with Crippen molar-refractivity contribution in [3.05, 3.63) is 0 Å². The van der Waals surface area contributed by atoms with Crippen molar-refractivity contribution in [1.29, 1.82) is 0 Å². The van der Waals surface area contributed by atoms with Crippen LogP contribution in [0.4, 0.5) is 4.79 Å². The Morgan fingerprint density at radius 3 is 2.60 bits per heavy atom. The summed E-state index contributed by atoms with van der Waals surface area (Å²) >= 11 is 0. The predicted octanol–water partition coefficient (Wildman–Crippen LogP) is 3.78. The standard InChI is InChI=1S/C16H29NO3/c1-5-6-7-8-9-13-12-17(11-10-14(13)18)15(19)20-16(2,3)4/h13H,5-12H2,1-4H3. The number of rotatable bonds is 5. The largest absolute Gasteiger partial charge is 0.444 e. The highest BCUT2D eigenvalue weighted by molar-refractivity contribution is 5.84. The molecule has 0 saturated carbocycles. The van der Waals surface area contributed by atoms with Gasteiger partial charge in [0, 0.05) is 25.4 Å². The Morgan fingerprint density at radius 1 is 1.30 bits per heavy atom. The maximum absolute atomic E-state index is 12.0. The molecule has 0 N–H and O–H groups in total. The van der Waals surface area contributed by atoms with Crippen molar-refractivity contribution in [2.75, 3.05) is 13.1 Å². The van der Waals surface area contributed by atoms with Gasteiger partial charge in [-0.05, 0) is 27.2 Å². The number of carbonyl (C=O) groups is 2.